The average Bonchev–Trinajstić information content (AvgIpc) is 3.13. The Morgan fingerprint density at radius 3 is 2.83 bits per heavy atom. The first-order valence-electron chi connectivity index (χ1n) is 7.68. The summed E-state index contributed by atoms with van der Waals surface area (Å²) in [4.78, 5) is 4.16. The summed E-state index contributed by atoms with van der Waals surface area (Å²) >= 11 is 0. The van der Waals surface area contributed by atoms with Gasteiger partial charge in [0, 0.05) is 13.1 Å². The highest BCUT2D eigenvalue weighted by molar-refractivity contribution is 5.30. The fraction of sp³-hybridized carbons (Fsp3) is 0.500. The molecule has 1 aromatic carbocycles. The molecule has 1 aromatic heterocycles. The van der Waals surface area contributed by atoms with Gasteiger partial charge in [0.05, 0.1) is 12.1 Å². The number of alkyl halides is 3. The van der Waals surface area contributed by atoms with Gasteiger partial charge in [0.25, 0.3) is 0 Å². The Kier molecular flexibility index (Phi) is 4.39. The quantitative estimate of drug-likeness (QED) is 0.939. The maximum Gasteiger partial charge on any atom is 0.416 e. The van der Waals surface area contributed by atoms with Crippen molar-refractivity contribution in [3.63, 3.8) is 0 Å². The van der Waals surface area contributed by atoms with Crippen molar-refractivity contribution in [2.75, 3.05) is 0 Å². The summed E-state index contributed by atoms with van der Waals surface area (Å²) < 4.78 is 40.4. The van der Waals surface area contributed by atoms with E-state index in [4.69, 9.17) is 0 Å². The summed E-state index contributed by atoms with van der Waals surface area (Å²) in [5, 5.41) is 7.45. The van der Waals surface area contributed by atoms with Crippen LogP contribution in [0.4, 0.5) is 13.2 Å². The molecule has 0 bridgehead atoms. The van der Waals surface area contributed by atoms with Gasteiger partial charge in [-0.1, -0.05) is 24.6 Å². The van der Waals surface area contributed by atoms with Gasteiger partial charge in [-0.2, -0.15) is 18.3 Å². The van der Waals surface area contributed by atoms with E-state index in [0.717, 1.165) is 36.7 Å². The van der Waals surface area contributed by atoms with E-state index in [9.17, 15) is 13.2 Å². The SMILES string of the molecule is Cn1ncnc1CNC1CCCC1c1cccc(C(F)(F)F)c1. The van der Waals surface area contributed by atoms with Gasteiger partial charge in [-0.25, -0.2) is 4.98 Å². The first-order chi connectivity index (χ1) is 10.9. The molecule has 0 saturated heterocycles. The Balaban J connectivity index is 1.73. The number of benzene rings is 1. The molecule has 0 aliphatic heterocycles. The van der Waals surface area contributed by atoms with Crippen molar-refractivity contribution in [3.8, 4) is 0 Å². The molecule has 2 atom stereocenters. The first kappa shape index (κ1) is 16.0. The minimum atomic E-state index is -4.30. The molecular weight excluding hydrogens is 305 g/mol. The second kappa shape index (κ2) is 6.31. The van der Waals surface area contributed by atoms with Crippen LogP contribution < -0.4 is 5.32 Å². The fourth-order valence-electron chi connectivity index (χ4n) is 3.25. The average molecular weight is 324 g/mol. The van der Waals surface area contributed by atoms with Crippen LogP contribution in [0.2, 0.25) is 0 Å². The lowest BCUT2D eigenvalue weighted by Gasteiger charge is -2.22. The van der Waals surface area contributed by atoms with Crippen LogP contribution in [0.25, 0.3) is 0 Å². The second-order valence-electron chi connectivity index (χ2n) is 5.95. The molecule has 23 heavy (non-hydrogen) atoms. The molecule has 124 valence electrons. The third kappa shape index (κ3) is 3.55. The normalized spacial score (nSPS) is 21.7. The number of aryl methyl sites for hydroxylation is 1. The lowest BCUT2D eigenvalue weighted by atomic mass is 9.92. The Morgan fingerprint density at radius 2 is 2.13 bits per heavy atom. The molecule has 1 aliphatic carbocycles. The molecule has 2 aromatic rings. The second-order valence-corrected chi connectivity index (χ2v) is 5.95. The highest BCUT2D eigenvalue weighted by Gasteiger charge is 2.33. The molecule has 7 heteroatoms. The minimum Gasteiger partial charge on any atom is -0.306 e. The summed E-state index contributed by atoms with van der Waals surface area (Å²) in [6.45, 7) is 0.566. The van der Waals surface area contributed by atoms with E-state index in [1.807, 2.05) is 7.05 Å². The Bertz CT molecular complexity index is 665. The standard InChI is InChI=1S/C16H19F3N4/c1-23-15(21-10-22-23)9-20-14-7-3-6-13(14)11-4-2-5-12(8-11)16(17,18)19/h2,4-5,8,10,13-14,20H,3,6-7,9H2,1H3. The maximum atomic E-state index is 12.9. The third-order valence-corrected chi connectivity index (χ3v) is 4.49. The van der Waals surface area contributed by atoms with E-state index in [2.05, 4.69) is 15.4 Å². The highest BCUT2D eigenvalue weighted by Crippen LogP contribution is 2.37. The Hall–Kier alpha value is -1.89. The predicted molar refractivity (Wildman–Crippen MR) is 79.7 cm³/mol. The minimum absolute atomic E-state index is 0.102. The van der Waals surface area contributed by atoms with Gasteiger partial charge in [0.2, 0.25) is 0 Å². The molecule has 0 amide bonds. The van der Waals surface area contributed by atoms with E-state index in [1.54, 1.807) is 10.7 Å². The lowest BCUT2D eigenvalue weighted by Crippen LogP contribution is -2.31. The van der Waals surface area contributed by atoms with Gasteiger partial charge >= 0.3 is 6.18 Å². The van der Waals surface area contributed by atoms with Gasteiger partial charge < -0.3 is 5.32 Å². The van der Waals surface area contributed by atoms with Crippen LogP contribution in [0.5, 0.6) is 0 Å². The number of aromatic nitrogens is 3. The van der Waals surface area contributed by atoms with Gasteiger partial charge in [-0.05, 0) is 30.4 Å². The largest absolute Gasteiger partial charge is 0.416 e. The van der Waals surface area contributed by atoms with Crippen LogP contribution >= 0.6 is 0 Å². The summed E-state index contributed by atoms with van der Waals surface area (Å²) in [6, 6.07) is 5.86. The third-order valence-electron chi connectivity index (χ3n) is 4.49. The number of nitrogens with one attached hydrogen (secondary N) is 1. The Labute approximate surface area is 132 Å². The summed E-state index contributed by atoms with van der Waals surface area (Å²) in [5.74, 6) is 0.921. The van der Waals surface area contributed by atoms with Crippen molar-refractivity contribution < 1.29 is 13.2 Å². The van der Waals surface area contributed by atoms with Gasteiger partial charge in [0.15, 0.2) is 0 Å². The van der Waals surface area contributed by atoms with Crippen molar-refractivity contribution in [1.29, 1.82) is 0 Å². The topological polar surface area (TPSA) is 42.7 Å². The number of halogens is 3. The number of hydrogen-bond donors (Lipinski definition) is 1. The number of hydrogen-bond acceptors (Lipinski definition) is 3. The molecule has 1 aliphatic rings. The molecular formula is C16H19F3N4. The van der Waals surface area contributed by atoms with Crippen LogP contribution in [-0.4, -0.2) is 20.8 Å². The molecule has 0 radical (unpaired) electrons. The van der Waals surface area contributed by atoms with Crippen LogP contribution in [-0.2, 0) is 19.8 Å². The molecule has 1 N–H and O–H groups in total. The van der Waals surface area contributed by atoms with Crippen molar-refractivity contribution >= 4 is 0 Å². The smallest absolute Gasteiger partial charge is 0.306 e. The van der Waals surface area contributed by atoms with E-state index in [0.29, 0.717) is 6.54 Å². The fourth-order valence-corrected chi connectivity index (χ4v) is 3.25. The maximum absolute atomic E-state index is 12.9. The summed E-state index contributed by atoms with van der Waals surface area (Å²) in [5.41, 5.74) is 0.182. The zero-order valence-electron chi connectivity index (χ0n) is 12.8. The monoisotopic (exact) mass is 324 g/mol. The molecule has 3 rings (SSSR count). The van der Waals surface area contributed by atoms with Crippen molar-refractivity contribution in [1.82, 2.24) is 20.1 Å². The molecule has 1 saturated carbocycles. The lowest BCUT2D eigenvalue weighted by molar-refractivity contribution is -0.137. The summed E-state index contributed by atoms with van der Waals surface area (Å²) in [6.07, 6.45) is 0.0695. The molecule has 2 unspecified atom stereocenters. The zero-order chi connectivity index (χ0) is 16.4. The molecule has 4 nitrogen and oxygen atoms in total. The van der Waals surface area contributed by atoms with Crippen molar-refractivity contribution in [2.24, 2.45) is 7.05 Å². The number of nitrogens with zero attached hydrogens (tertiary/aromatic N) is 3. The molecule has 0 spiro atoms. The highest BCUT2D eigenvalue weighted by atomic mass is 19.4. The Morgan fingerprint density at radius 1 is 1.30 bits per heavy atom. The van der Waals surface area contributed by atoms with Gasteiger partial charge in [-0.15, -0.1) is 0 Å². The van der Waals surface area contributed by atoms with Crippen LogP contribution in [0.15, 0.2) is 30.6 Å². The van der Waals surface area contributed by atoms with Crippen LogP contribution in [0.3, 0.4) is 0 Å². The molecule has 1 fully saturated rings. The first-order valence-corrected chi connectivity index (χ1v) is 7.68. The van der Waals surface area contributed by atoms with Crippen LogP contribution in [0, 0.1) is 0 Å². The van der Waals surface area contributed by atoms with E-state index >= 15 is 0 Å². The van der Waals surface area contributed by atoms with Crippen molar-refractivity contribution in [2.45, 2.75) is 43.9 Å². The van der Waals surface area contributed by atoms with E-state index in [1.165, 1.54) is 18.5 Å². The van der Waals surface area contributed by atoms with Gasteiger partial charge in [0.1, 0.15) is 12.2 Å². The number of rotatable bonds is 4. The van der Waals surface area contributed by atoms with Gasteiger partial charge in [-0.3, -0.25) is 4.68 Å². The van der Waals surface area contributed by atoms with Crippen LogP contribution in [0.1, 0.15) is 42.1 Å². The van der Waals surface area contributed by atoms with E-state index < -0.39 is 11.7 Å². The molecule has 1 heterocycles. The van der Waals surface area contributed by atoms with E-state index in [-0.39, 0.29) is 12.0 Å². The predicted octanol–water partition coefficient (Wildman–Crippen LogP) is 3.26. The van der Waals surface area contributed by atoms with Crippen molar-refractivity contribution in [3.05, 3.63) is 47.5 Å². The summed E-state index contributed by atoms with van der Waals surface area (Å²) in [7, 11) is 1.82. The zero-order valence-corrected chi connectivity index (χ0v) is 12.8.